The summed E-state index contributed by atoms with van der Waals surface area (Å²) in [6.07, 6.45) is 3.08. The molecule has 17 nitrogen and oxygen atoms in total. The predicted molar refractivity (Wildman–Crippen MR) is 214 cm³/mol. The van der Waals surface area contributed by atoms with Gasteiger partial charge < -0.3 is 30.6 Å². The molecule has 1 saturated carbocycles. The second kappa shape index (κ2) is 17.7. The van der Waals surface area contributed by atoms with Gasteiger partial charge in [0.2, 0.25) is 23.6 Å². The minimum atomic E-state index is -4.45. The molecule has 5 amide bonds. The van der Waals surface area contributed by atoms with E-state index in [4.69, 9.17) is 10.2 Å². The third-order valence-corrected chi connectivity index (χ3v) is 12.2. The van der Waals surface area contributed by atoms with Gasteiger partial charge in [-0.05, 0) is 62.8 Å². The molecule has 0 unspecified atom stereocenters. The summed E-state index contributed by atoms with van der Waals surface area (Å²) in [5, 5.41) is 11.3. The number of carbonyl (C=O) groups is 5. The summed E-state index contributed by atoms with van der Waals surface area (Å²) < 4.78 is 75.4. The average molecular weight is 882 g/mol. The fraction of sp³-hybridized carbons (Fsp3) is 0.463. The van der Waals surface area contributed by atoms with Gasteiger partial charge in [-0.15, -0.1) is 0 Å². The molecule has 22 heteroatoms. The third-order valence-electron chi connectivity index (χ3n) is 12.2. The van der Waals surface area contributed by atoms with Crippen molar-refractivity contribution in [3.63, 3.8) is 0 Å². The Balaban J connectivity index is 0.811. The zero-order valence-corrected chi connectivity index (χ0v) is 33.8. The monoisotopic (exact) mass is 881 g/mol. The summed E-state index contributed by atoms with van der Waals surface area (Å²) in [5.74, 6) is -6.03. The summed E-state index contributed by atoms with van der Waals surface area (Å²) in [7, 11) is 0. The molecule has 0 radical (unpaired) electrons. The molecule has 6 heterocycles. The Kier molecular flexibility index (Phi) is 12.2. The van der Waals surface area contributed by atoms with Crippen molar-refractivity contribution < 1.29 is 50.3 Å². The minimum Gasteiger partial charge on any atom is -0.444 e. The fourth-order valence-corrected chi connectivity index (χ4v) is 8.91. The zero-order chi connectivity index (χ0) is 44.6. The second-order valence-corrected chi connectivity index (χ2v) is 16.2. The van der Waals surface area contributed by atoms with Crippen molar-refractivity contribution in [2.24, 2.45) is 11.7 Å². The number of primary amides is 1. The average Bonchev–Trinajstić information content (AvgIpc) is 4.05. The van der Waals surface area contributed by atoms with Crippen molar-refractivity contribution in [2.45, 2.75) is 69.1 Å². The van der Waals surface area contributed by atoms with Crippen LogP contribution in [0.15, 0.2) is 47.3 Å². The van der Waals surface area contributed by atoms with Gasteiger partial charge in [-0.1, -0.05) is 0 Å². The SMILES string of the molecule is NC(=O)c1nn(C2CCC(N3CCN(C(=O)[C@@H]4CCN(c5cc(F)c([C@H]6CCC(=O)NC6=O)c(F)c5)C4)CC3)CC2)cc1NC(=O)c1coc(-c2ccnc(NCC(F)(F)F)c2)n1. The van der Waals surface area contributed by atoms with Crippen molar-refractivity contribution in [3.05, 3.63) is 71.5 Å². The molecule has 3 aliphatic heterocycles. The summed E-state index contributed by atoms with van der Waals surface area (Å²) in [6, 6.07) is 5.31. The molecule has 3 aromatic heterocycles. The van der Waals surface area contributed by atoms with E-state index in [-0.39, 0.29) is 76.7 Å². The predicted octanol–water partition coefficient (Wildman–Crippen LogP) is 4.21. The summed E-state index contributed by atoms with van der Waals surface area (Å²) in [6.45, 7) is 1.90. The van der Waals surface area contributed by atoms with E-state index in [2.05, 4.69) is 35.9 Å². The number of alkyl halides is 3. The number of nitrogens with two attached hydrogens (primary N) is 1. The first-order chi connectivity index (χ1) is 30.1. The Hall–Kier alpha value is -6.45. The Morgan fingerprint density at radius 2 is 1.65 bits per heavy atom. The normalized spacial score (nSPS) is 22.2. The molecule has 5 N–H and O–H groups in total. The molecule has 8 rings (SSSR count). The molecule has 63 heavy (non-hydrogen) atoms. The van der Waals surface area contributed by atoms with Crippen molar-refractivity contribution >= 4 is 46.7 Å². The number of nitrogens with zero attached hydrogens (tertiary/aromatic N) is 7. The van der Waals surface area contributed by atoms with Gasteiger partial charge in [-0.25, -0.2) is 18.7 Å². The maximum absolute atomic E-state index is 15.2. The number of rotatable bonds is 11. The Morgan fingerprint density at radius 1 is 0.937 bits per heavy atom. The lowest BCUT2D eigenvalue weighted by molar-refractivity contribution is -0.137. The van der Waals surface area contributed by atoms with E-state index in [1.54, 1.807) is 15.8 Å². The molecule has 334 valence electrons. The van der Waals surface area contributed by atoms with E-state index in [0.29, 0.717) is 51.4 Å². The van der Waals surface area contributed by atoms with Crippen molar-refractivity contribution in [2.75, 3.05) is 61.3 Å². The maximum atomic E-state index is 15.2. The molecule has 4 fully saturated rings. The van der Waals surface area contributed by atoms with Crippen LogP contribution in [0.3, 0.4) is 0 Å². The van der Waals surface area contributed by atoms with Crippen molar-refractivity contribution in [1.82, 2.24) is 34.9 Å². The van der Waals surface area contributed by atoms with E-state index in [1.807, 2.05) is 4.90 Å². The highest BCUT2D eigenvalue weighted by atomic mass is 19.4. The number of anilines is 3. The number of carbonyl (C=O) groups excluding carboxylic acids is 5. The van der Waals surface area contributed by atoms with E-state index in [0.717, 1.165) is 31.9 Å². The van der Waals surface area contributed by atoms with E-state index < -0.39 is 53.9 Å². The first kappa shape index (κ1) is 43.2. The Morgan fingerprint density at radius 3 is 2.33 bits per heavy atom. The Bertz CT molecular complexity index is 2380. The van der Waals surface area contributed by atoms with Gasteiger partial charge in [0, 0.05) is 80.9 Å². The van der Waals surface area contributed by atoms with E-state index in [1.165, 1.54) is 30.5 Å². The number of hydrogen-bond acceptors (Lipinski definition) is 12. The molecular weight excluding hydrogens is 838 g/mol. The second-order valence-electron chi connectivity index (χ2n) is 16.2. The number of piperidine rings is 1. The molecule has 4 aromatic rings. The smallest absolute Gasteiger partial charge is 0.405 e. The topological polar surface area (TPSA) is 214 Å². The number of amides is 5. The summed E-state index contributed by atoms with van der Waals surface area (Å²) in [4.78, 5) is 77.0. The van der Waals surface area contributed by atoms with Gasteiger partial charge in [0.05, 0.1) is 23.6 Å². The number of pyridine rings is 1. The van der Waals surface area contributed by atoms with Crippen LogP contribution < -0.4 is 26.6 Å². The van der Waals surface area contributed by atoms with Crippen molar-refractivity contribution in [1.29, 1.82) is 0 Å². The number of imide groups is 1. The van der Waals surface area contributed by atoms with E-state index >= 15 is 8.78 Å². The lowest BCUT2D eigenvalue weighted by Gasteiger charge is -2.42. The standard InChI is InChI=1S/C41H44F5N11O6/c42-28-16-26(17-29(43)34(28)27-5-6-33(58)52-37(27)60)56-10-8-23(18-56)40(62)55-13-11-54(12-14-55)24-1-3-25(4-2-24)57-19-30(35(53-57)36(47)59)50-38(61)31-20-63-39(51-31)22-7-9-48-32(15-22)49-21-41(44,45)46/h7,9,15-17,19-20,23-25,27H,1-6,8,10-14,18,21H2,(H2,47,59)(H,48,49)(H,50,61)(H,52,58,60)/t23-,24?,25?,27-/m1/s1. The molecule has 1 aliphatic carbocycles. The summed E-state index contributed by atoms with van der Waals surface area (Å²) in [5.41, 5.74) is 5.61. The number of halogens is 5. The first-order valence-corrected chi connectivity index (χ1v) is 20.6. The van der Waals surface area contributed by atoms with Crippen LogP contribution in [0.4, 0.5) is 39.1 Å². The minimum absolute atomic E-state index is 0.000919. The molecule has 1 aromatic carbocycles. The van der Waals surface area contributed by atoms with Gasteiger partial charge in [0.1, 0.15) is 30.3 Å². The van der Waals surface area contributed by atoms with Gasteiger partial charge in [-0.2, -0.15) is 18.3 Å². The molecule has 0 spiro atoms. The molecule has 0 bridgehead atoms. The number of benzene rings is 1. The number of piperazine rings is 1. The highest BCUT2D eigenvalue weighted by molar-refractivity contribution is 6.07. The highest BCUT2D eigenvalue weighted by Crippen LogP contribution is 2.36. The molecule has 4 aliphatic rings. The number of aromatic nitrogens is 4. The fourth-order valence-electron chi connectivity index (χ4n) is 8.91. The van der Waals surface area contributed by atoms with Crippen LogP contribution in [0.25, 0.3) is 11.5 Å². The maximum Gasteiger partial charge on any atom is 0.405 e. The molecule has 2 atom stereocenters. The van der Waals surface area contributed by atoms with Crippen molar-refractivity contribution in [3.8, 4) is 11.5 Å². The molecular formula is C41H44F5N11O6. The number of oxazole rings is 1. The first-order valence-electron chi connectivity index (χ1n) is 20.6. The van der Waals surface area contributed by atoms with E-state index in [9.17, 15) is 37.1 Å². The van der Waals surface area contributed by atoms with Crippen LogP contribution in [0, 0.1) is 17.6 Å². The number of nitrogens with one attached hydrogen (secondary N) is 3. The largest absolute Gasteiger partial charge is 0.444 e. The van der Waals surface area contributed by atoms with Crippen LogP contribution in [0.2, 0.25) is 0 Å². The zero-order valence-electron chi connectivity index (χ0n) is 33.8. The van der Waals surface area contributed by atoms with Crippen LogP contribution in [0.1, 0.15) is 83.4 Å². The van der Waals surface area contributed by atoms with Crippen LogP contribution in [0.5, 0.6) is 0 Å². The third kappa shape index (κ3) is 9.64. The van der Waals surface area contributed by atoms with Crippen LogP contribution >= 0.6 is 0 Å². The summed E-state index contributed by atoms with van der Waals surface area (Å²) >= 11 is 0. The quantitative estimate of drug-likeness (QED) is 0.123. The Labute approximate surface area is 356 Å². The number of hydrogen-bond donors (Lipinski definition) is 4. The van der Waals surface area contributed by atoms with Gasteiger partial charge >= 0.3 is 6.18 Å². The van der Waals surface area contributed by atoms with Crippen LogP contribution in [-0.4, -0.2) is 117 Å². The highest BCUT2D eigenvalue weighted by Gasteiger charge is 2.37. The van der Waals surface area contributed by atoms with Crippen LogP contribution in [-0.2, 0) is 14.4 Å². The van der Waals surface area contributed by atoms with Gasteiger partial charge in [0.25, 0.3) is 11.8 Å². The van der Waals surface area contributed by atoms with Gasteiger partial charge in [0.15, 0.2) is 11.4 Å². The molecule has 3 saturated heterocycles. The van der Waals surface area contributed by atoms with Gasteiger partial charge in [-0.3, -0.25) is 38.9 Å². The lowest BCUT2D eigenvalue weighted by atomic mass is 9.89. The lowest BCUT2D eigenvalue weighted by Crippen LogP contribution is -2.53.